The molecule has 134 valence electrons. The first kappa shape index (κ1) is 17.4. The van der Waals surface area contributed by atoms with Crippen LogP contribution in [-0.4, -0.2) is 57.0 Å². The van der Waals surface area contributed by atoms with Crippen LogP contribution in [0.2, 0.25) is 0 Å². The monoisotopic (exact) mass is 342 g/mol. The maximum Gasteiger partial charge on any atom is 0.224 e. The lowest BCUT2D eigenvalue weighted by molar-refractivity contribution is -0.131. The van der Waals surface area contributed by atoms with Gasteiger partial charge in [-0.3, -0.25) is 9.48 Å². The summed E-state index contributed by atoms with van der Waals surface area (Å²) >= 11 is 0. The summed E-state index contributed by atoms with van der Waals surface area (Å²) in [5.41, 5.74) is 2.09. The van der Waals surface area contributed by atoms with Gasteiger partial charge in [0.2, 0.25) is 5.91 Å². The Morgan fingerprint density at radius 1 is 1.24 bits per heavy atom. The summed E-state index contributed by atoms with van der Waals surface area (Å²) in [6.07, 6.45) is 3.10. The summed E-state index contributed by atoms with van der Waals surface area (Å²) in [6.45, 7) is 9.27. The van der Waals surface area contributed by atoms with Gasteiger partial charge < -0.3 is 9.80 Å². The van der Waals surface area contributed by atoms with Crippen LogP contribution < -0.4 is 4.90 Å². The van der Waals surface area contributed by atoms with Crippen molar-refractivity contribution in [2.75, 3.05) is 31.1 Å². The standard InChI is InChI=1S/C18H26N6O/c1-14-12-15(2)24(21-14)16(3)13-18(25)23-9-5-8-22(10-11-23)17-6-4-7-19-20-17/h4,6-7,12,16H,5,8-11,13H2,1-3H3. The van der Waals surface area contributed by atoms with Crippen LogP contribution in [0.5, 0.6) is 0 Å². The summed E-state index contributed by atoms with van der Waals surface area (Å²) in [4.78, 5) is 16.9. The average molecular weight is 342 g/mol. The molecule has 7 nitrogen and oxygen atoms in total. The average Bonchev–Trinajstić information content (AvgIpc) is 2.81. The SMILES string of the molecule is Cc1cc(C)n(C(C)CC(=O)N2CCCN(c3cccnn3)CC2)n1. The van der Waals surface area contributed by atoms with E-state index >= 15 is 0 Å². The van der Waals surface area contributed by atoms with E-state index in [0.29, 0.717) is 6.42 Å². The number of aryl methyl sites for hydroxylation is 2. The quantitative estimate of drug-likeness (QED) is 0.850. The van der Waals surface area contributed by atoms with Gasteiger partial charge >= 0.3 is 0 Å². The first-order chi connectivity index (χ1) is 12.0. The van der Waals surface area contributed by atoms with Crippen LogP contribution >= 0.6 is 0 Å². The van der Waals surface area contributed by atoms with E-state index in [4.69, 9.17) is 0 Å². The second-order valence-corrected chi connectivity index (χ2v) is 6.73. The summed E-state index contributed by atoms with van der Waals surface area (Å²) in [5.74, 6) is 1.08. The zero-order valence-electron chi connectivity index (χ0n) is 15.2. The maximum absolute atomic E-state index is 12.7. The molecule has 0 bridgehead atoms. The molecule has 0 saturated carbocycles. The van der Waals surface area contributed by atoms with Crippen LogP contribution in [0.25, 0.3) is 0 Å². The normalized spacial score (nSPS) is 16.6. The van der Waals surface area contributed by atoms with Crippen LogP contribution in [0, 0.1) is 13.8 Å². The van der Waals surface area contributed by atoms with Crippen molar-refractivity contribution in [3.63, 3.8) is 0 Å². The highest BCUT2D eigenvalue weighted by Gasteiger charge is 2.22. The van der Waals surface area contributed by atoms with Crippen molar-refractivity contribution in [1.29, 1.82) is 0 Å². The zero-order valence-corrected chi connectivity index (χ0v) is 15.2. The molecule has 1 aliphatic heterocycles. The molecule has 2 aromatic heterocycles. The van der Waals surface area contributed by atoms with E-state index in [1.807, 2.05) is 41.6 Å². The molecule has 0 spiro atoms. The van der Waals surface area contributed by atoms with Crippen molar-refractivity contribution in [3.05, 3.63) is 35.8 Å². The number of nitrogens with zero attached hydrogens (tertiary/aromatic N) is 6. The van der Waals surface area contributed by atoms with Gasteiger partial charge in [-0.05, 0) is 45.4 Å². The number of hydrogen-bond donors (Lipinski definition) is 0. The lowest BCUT2D eigenvalue weighted by atomic mass is 10.2. The minimum atomic E-state index is 0.0700. The molecule has 3 rings (SSSR count). The van der Waals surface area contributed by atoms with E-state index in [0.717, 1.165) is 49.8 Å². The molecule has 1 unspecified atom stereocenters. The van der Waals surface area contributed by atoms with Crippen LogP contribution in [0.1, 0.15) is 37.2 Å². The number of hydrogen-bond acceptors (Lipinski definition) is 5. The molecular formula is C18H26N6O. The Balaban J connectivity index is 1.58. The fraction of sp³-hybridized carbons (Fsp3) is 0.556. The molecule has 1 atom stereocenters. The van der Waals surface area contributed by atoms with Crippen LogP contribution in [0.15, 0.2) is 24.4 Å². The lowest BCUT2D eigenvalue weighted by Gasteiger charge is -2.24. The van der Waals surface area contributed by atoms with E-state index in [1.54, 1.807) is 6.20 Å². The number of amides is 1. The molecule has 1 aliphatic rings. The zero-order chi connectivity index (χ0) is 17.8. The Kier molecular flexibility index (Phi) is 5.31. The third-order valence-electron chi connectivity index (χ3n) is 4.66. The highest BCUT2D eigenvalue weighted by molar-refractivity contribution is 5.76. The summed E-state index contributed by atoms with van der Waals surface area (Å²) in [5, 5.41) is 12.6. The molecule has 0 aliphatic carbocycles. The number of anilines is 1. The summed E-state index contributed by atoms with van der Waals surface area (Å²) in [6, 6.07) is 5.98. The topological polar surface area (TPSA) is 67.2 Å². The summed E-state index contributed by atoms with van der Waals surface area (Å²) in [7, 11) is 0. The van der Waals surface area contributed by atoms with Gasteiger partial charge in [0.1, 0.15) is 0 Å². The molecule has 3 heterocycles. The molecule has 1 saturated heterocycles. The molecule has 2 aromatic rings. The van der Waals surface area contributed by atoms with Gasteiger partial charge in [-0.1, -0.05) is 0 Å². The van der Waals surface area contributed by atoms with Crippen molar-refractivity contribution in [3.8, 4) is 0 Å². The van der Waals surface area contributed by atoms with Crippen LogP contribution in [0.4, 0.5) is 5.82 Å². The Morgan fingerprint density at radius 2 is 2.08 bits per heavy atom. The predicted octanol–water partition coefficient (Wildman–Crippen LogP) is 1.98. The summed E-state index contributed by atoms with van der Waals surface area (Å²) < 4.78 is 1.96. The smallest absolute Gasteiger partial charge is 0.224 e. The van der Waals surface area contributed by atoms with Gasteiger partial charge in [0.25, 0.3) is 0 Å². The molecule has 0 N–H and O–H groups in total. The highest BCUT2D eigenvalue weighted by atomic mass is 16.2. The molecule has 1 amide bonds. The van der Waals surface area contributed by atoms with Crippen molar-refractivity contribution < 1.29 is 4.79 Å². The number of carbonyl (C=O) groups excluding carboxylic acids is 1. The van der Waals surface area contributed by atoms with Gasteiger partial charge in [-0.15, -0.1) is 5.10 Å². The molecule has 1 fully saturated rings. The number of aromatic nitrogens is 4. The number of carbonyl (C=O) groups is 1. The molecule has 25 heavy (non-hydrogen) atoms. The highest BCUT2D eigenvalue weighted by Crippen LogP contribution is 2.17. The fourth-order valence-corrected chi connectivity index (χ4v) is 3.42. The van der Waals surface area contributed by atoms with Crippen LogP contribution in [-0.2, 0) is 4.79 Å². The van der Waals surface area contributed by atoms with E-state index in [1.165, 1.54) is 0 Å². The largest absolute Gasteiger partial charge is 0.353 e. The molecular weight excluding hydrogens is 316 g/mol. The Bertz CT molecular complexity index is 714. The van der Waals surface area contributed by atoms with E-state index in [9.17, 15) is 4.79 Å². The minimum absolute atomic E-state index is 0.0700. The number of rotatable bonds is 4. The van der Waals surface area contributed by atoms with Gasteiger partial charge in [0.15, 0.2) is 5.82 Å². The second-order valence-electron chi connectivity index (χ2n) is 6.73. The molecule has 0 aromatic carbocycles. The lowest BCUT2D eigenvalue weighted by Crippen LogP contribution is -2.36. The molecule has 0 radical (unpaired) electrons. The van der Waals surface area contributed by atoms with E-state index < -0.39 is 0 Å². The van der Waals surface area contributed by atoms with E-state index in [-0.39, 0.29) is 11.9 Å². The Morgan fingerprint density at radius 3 is 2.76 bits per heavy atom. The van der Waals surface area contributed by atoms with Gasteiger partial charge in [-0.25, -0.2) is 0 Å². The Labute approximate surface area is 148 Å². The Hall–Kier alpha value is -2.44. The van der Waals surface area contributed by atoms with E-state index in [2.05, 4.69) is 27.1 Å². The van der Waals surface area contributed by atoms with Gasteiger partial charge in [-0.2, -0.15) is 10.2 Å². The first-order valence-electron chi connectivity index (χ1n) is 8.88. The predicted molar refractivity (Wildman–Crippen MR) is 96.5 cm³/mol. The molecule has 7 heteroatoms. The van der Waals surface area contributed by atoms with Crippen molar-refractivity contribution in [1.82, 2.24) is 24.9 Å². The fourth-order valence-electron chi connectivity index (χ4n) is 3.42. The van der Waals surface area contributed by atoms with Crippen molar-refractivity contribution >= 4 is 11.7 Å². The second kappa shape index (κ2) is 7.63. The van der Waals surface area contributed by atoms with Crippen molar-refractivity contribution in [2.45, 2.75) is 39.7 Å². The van der Waals surface area contributed by atoms with Gasteiger partial charge in [0.05, 0.1) is 11.7 Å². The van der Waals surface area contributed by atoms with Crippen molar-refractivity contribution in [2.24, 2.45) is 0 Å². The minimum Gasteiger partial charge on any atom is -0.353 e. The maximum atomic E-state index is 12.7. The third-order valence-corrected chi connectivity index (χ3v) is 4.66. The third kappa shape index (κ3) is 4.15. The van der Waals surface area contributed by atoms with Gasteiger partial charge in [0, 0.05) is 44.5 Å². The first-order valence-corrected chi connectivity index (χ1v) is 8.88. The van der Waals surface area contributed by atoms with Crippen LogP contribution in [0.3, 0.4) is 0 Å².